The third-order valence-electron chi connectivity index (χ3n) is 6.72. The number of carbonyl (C=O) groups excluding carboxylic acids is 1. The second kappa shape index (κ2) is 11.8. The number of aryl methyl sites for hydroxylation is 1. The minimum Gasteiger partial charge on any atom is -0.495 e. The van der Waals surface area contributed by atoms with Crippen LogP contribution >= 0.6 is 0 Å². The van der Waals surface area contributed by atoms with Crippen LogP contribution in [0.3, 0.4) is 0 Å². The molecule has 1 aliphatic heterocycles. The Morgan fingerprint density at radius 3 is 2.30 bits per heavy atom. The summed E-state index contributed by atoms with van der Waals surface area (Å²) in [6.45, 7) is 4.01. The molecule has 6 nitrogen and oxygen atoms in total. The molecule has 1 heterocycles. The van der Waals surface area contributed by atoms with Crippen molar-refractivity contribution in [2.45, 2.75) is 36.8 Å². The molecule has 1 aliphatic rings. The van der Waals surface area contributed by atoms with Crippen molar-refractivity contribution in [3.8, 4) is 5.75 Å². The molecule has 0 N–H and O–H groups in total. The third-order valence-corrected chi connectivity index (χ3v) is 8.40. The summed E-state index contributed by atoms with van der Waals surface area (Å²) in [5.41, 5.74) is 2.55. The largest absolute Gasteiger partial charge is 0.495 e. The monoisotopic (exact) mass is 524 g/mol. The van der Waals surface area contributed by atoms with Crippen LogP contribution in [0.1, 0.15) is 41.3 Å². The summed E-state index contributed by atoms with van der Waals surface area (Å²) in [6.07, 6.45) is 3.14. The Morgan fingerprint density at radius 1 is 0.946 bits per heavy atom. The van der Waals surface area contributed by atoms with Gasteiger partial charge in [-0.05, 0) is 54.3 Å². The van der Waals surface area contributed by atoms with Crippen molar-refractivity contribution in [2.75, 3.05) is 38.2 Å². The zero-order chi connectivity index (χ0) is 26.4. The minimum absolute atomic E-state index is 0.0556. The molecule has 196 valence electrons. The molecule has 0 unspecified atom stereocenters. The fourth-order valence-electron chi connectivity index (χ4n) is 4.56. The maximum atomic E-state index is 14.7. The van der Waals surface area contributed by atoms with Crippen LogP contribution in [0, 0.1) is 5.82 Å². The van der Waals surface area contributed by atoms with Gasteiger partial charge >= 0.3 is 0 Å². The third kappa shape index (κ3) is 6.31. The van der Waals surface area contributed by atoms with Crippen LogP contribution in [0.15, 0.2) is 71.6 Å². The molecule has 3 aromatic carbocycles. The zero-order valence-electron chi connectivity index (χ0n) is 21.3. The van der Waals surface area contributed by atoms with Gasteiger partial charge in [-0.25, -0.2) is 12.8 Å². The van der Waals surface area contributed by atoms with Crippen LogP contribution in [-0.2, 0) is 22.0 Å². The normalized spacial score (nSPS) is 14.0. The maximum Gasteiger partial charge on any atom is 0.256 e. The number of benzene rings is 3. The molecule has 0 saturated carbocycles. The molecule has 8 heteroatoms. The lowest BCUT2D eigenvalue weighted by Gasteiger charge is -2.36. The van der Waals surface area contributed by atoms with Gasteiger partial charge in [-0.15, -0.1) is 0 Å². The van der Waals surface area contributed by atoms with Gasteiger partial charge in [0.1, 0.15) is 11.6 Å². The molecule has 1 fully saturated rings. The van der Waals surface area contributed by atoms with Crippen LogP contribution in [0.5, 0.6) is 5.75 Å². The SMILES string of the molecule is CCCCc1ccc(CS(=O)(=O)c2ccc(F)c(C(=O)N3CCN(c4ccccc4OC)CC3)c2)cc1. The van der Waals surface area contributed by atoms with E-state index in [0.717, 1.165) is 36.8 Å². The molecular formula is C29H33FN2O4S. The summed E-state index contributed by atoms with van der Waals surface area (Å²) in [4.78, 5) is 16.8. The number of methoxy groups -OCH3 is 1. The number of rotatable bonds is 9. The highest BCUT2D eigenvalue weighted by Gasteiger charge is 2.27. The Bertz CT molecular complexity index is 1330. The van der Waals surface area contributed by atoms with Crippen molar-refractivity contribution in [3.63, 3.8) is 0 Å². The Hall–Kier alpha value is -3.39. The first-order valence-corrected chi connectivity index (χ1v) is 14.2. The number of hydrogen-bond donors (Lipinski definition) is 0. The standard InChI is InChI=1S/C29H33FN2O4S/c1-3-4-7-22-10-12-23(13-11-22)21-37(34,35)24-14-15-26(30)25(20-24)29(33)32-18-16-31(17-19-32)27-8-5-6-9-28(27)36-2/h5-6,8-15,20H,3-4,7,16-19,21H2,1-2H3. The molecule has 0 aliphatic carbocycles. The number of carbonyl (C=O) groups is 1. The molecule has 3 aromatic rings. The highest BCUT2D eigenvalue weighted by molar-refractivity contribution is 7.90. The highest BCUT2D eigenvalue weighted by atomic mass is 32.2. The summed E-state index contributed by atoms with van der Waals surface area (Å²) in [6, 6.07) is 18.7. The number of halogens is 1. The van der Waals surface area contributed by atoms with E-state index < -0.39 is 21.6 Å². The van der Waals surface area contributed by atoms with E-state index in [4.69, 9.17) is 4.74 Å². The topological polar surface area (TPSA) is 66.9 Å². The Labute approximate surface area is 218 Å². The van der Waals surface area contributed by atoms with Crippen molar-refractivity contribution in [1.82, 2.24) is 4.90 Å². The zero-order valence-corrected chi connectivity index (χ0v) is 22.1. The van der Waals surface area contributed by atoms with Gasteiger partial charge in [-0.3, -0.25) is 4.79 Å². The second-order valence-corrected chi connectivity index (χ2v) is 11.3. The summed E-state index contributed by atoms with van der Waals surface area (Å²) >= 11 is 0. The molecule has 4 rings (SSSR count). The average Bonchev–Trinajstić information content (AvgIpc) is 2.92. The first kappa shape index (κ1) is 26.7. The molecule has 0 atom stereocenters. The fraction of sp³-hybridized carbons (Fsp3) is 0.345. The lowest BCUT2D eigenvalue weighted by molar-refractivity contribution is 0.0741. The Kier molecular flexibility index (Phi) is 8.48. The van der Waals surface area contributed by atoms with E-state index in [1.165, 1.54) is 17.7 Å². The van der Waals surface area contributed by atoms with Crippen molar-refractivity contribution >= 4 is 21.4 Å². The quantitative estimate of drug-likeness (QED) is 0.364. The molecule has 0 radical (unpaired) electrons. The fourth-order valence-corrected chi connectivity index (χ4v) is 5.93. The van der Waals surface area contributed by atoms with E-state index >= 15 is 0 Å². The van der Waals surface area contributed by atoms with Crippen LogP contribution in [-0.4, -0.2) is 52.5 Å². The van der Waals surface area contributed by atoms with E-state index in [2.05, 4.69) is 11.8 Å². The number of anilines is 1. The number of sulfone groups is 1. The van der Waals surface area contributed by atoms with Crippen molar-refractivity contribution < 1.29 is 22.3 Å². The summed E-state index contributed by atoms with van der Waals surface area (Å²) in [5, 5.41) is 0. The smallest absolute Gasteiger partial charge is 0.256 e. The number of piperazine rings is 1. The van der Waals surface area contributed by atoms with E-state index in [1.54, 1.807) is 12.0 Å². The second-order valence-electron chi connectivity index (χ2n) is 9.27. The number of unbranched alkanes of at least 4 members (excludes halogenated alkanes) is 1. The average molecular weight is 525 g/mol. The summed E-state index contributed by atoms with van der Waals surface area (Å²) < 4.78 is 46.4. The summed E-state index contributed by atoms with van der Waals surface area (Å²) in [5.74, 6) is -0.689. The van der Waals surface area contributed by atoms with Crippen molar-refractivity contribution in [1.29, 1.82) is 0 Å². The molecule has 1 saturated heterocycles. The number of ether oxygens (including phenoxy) is 1. The van der Waals surface area contributed by atoms with E-state index in [0.29, 0.717) is 31.7 Å². The molecular weight excluding hydrogens is 491 g/mol. The number of para-hydroxylation sites is 2. The molecule has 37 heavy (non-hydrogen) atoms. The van der Waals surface area contributed by atoms with Gasteiger partial charge in [-0.1, -0.05) is 49.7 Å². The van der Waals surface area contributed by atoms with Gasteiger partial charge in [0.2, 0.25) is 0 Å². The Morgan fingerprint density at radius 2 is 1.62 bits per heavy atom. The molecule has 0 spiro atoms. The van der Waals surface area contributed by atoms with Crippen molar-refractivity contribution in [2.24, 2.45) is 0 Å². The molecule has 1 amide bonds. The highest BCUT2D eigenvalue weighted by Crippen LogP contribution is 2.29. The minimum atomic E-state index is -3.76. The number of amides is 1. The summed E-state index contributed by atoms with van der Waals surface area (Å²) in [7, 11) is -2.14. The van der Waals surface area contributed by atoms with Crippen LogP contribution < -0.4 is 9.64 Å². The number of nitrogens with zero attached hydrogens (tertiary/aromatic N) is 2. The predicted molar refractivity (Wildman–Crippen MR) is 143 cm³/mol. The lowest BCUT2D eigenvalue weighted by Crippen LogP contribution is -2.49. The Balaban J connectivity index is 1.46. The van der Waals surface area contributed by atoms with Gasteiger partial charge in [0, 0.05) is 26.2 Å². The molecule has 0 bridgehead atoms. The van der Waals surface area contributed by atoms with Gasteiger partial charge in [-0.2, -0.15) is 0 Å². The maximum absolute atomic E-state index is 14.7. The number of hydrogen-bond acceptors (Lipinski definition) is 5. The van der Waals surface area contributed by atoms with Gasteiger partial charge in [0.05, 0.1) is 29.0 Å². The van der Waals surface area contributed by atoms with E-state index in [9.17, 15) is 17.6 Å². The predicted octanol–water partition coefficient (Wildman–Crippen LogP) is 5.11. The van der Waals surface area contributed by atoms with E-state index in [1.807, 2.05) is 48.5 Å². The lowest BCUT2D eigenvalue weighted by atomic mass is 10.1. The van der Waals surface area contributed by atoms with Crippen molar-refractivity contribution in [3.05, 3.63) is 89.2 Å². The van der Waals surface area contributed by atoms with Gasteiger partial charge < -0.3 is 14.5 Å². The van der Waals surface area contributed by atoms with Crippen LogP contribution in [0.25, 0.3) is 0 Å². The van der Waals surface area contributed by atoms with Gasteiger partial charge in [0.15, 0.2) is 9.84 Å². The van der Waals surface area contributed by atoms with E-state index in [-0.39, 0.29) is 16.2 Å². The first-order valence-electron chi connectivity index (χ1n) is 12.6. The van der Waals surface area contributed by atoms with Crippen LogP contribution in [0.4, 0.5) is 10.1 Å². The first-order chi connectivity index (χ1) is 17.8. The molecule has 0 aromatic heterocycles. The van der Waals surface area contributed by atoms with Gasteiger partial charge in [0.25, 0.3) is 5.91 Å². The van der Waals surface area contributed by atoms with Crippen LogP contribution in [0.2, 0.25) is 0 Å².